The zero-order chi connectivity index (χ0) is 8.55. The number of halogens is 2. The van der Waals surface area contributed by atoms with Gasteiger partial charge in [-0.15, -0.1) is 0 Å². The third-order valence-electron chi connectivity index (χ3n) is 1.19. The highest BCUT2D eigenvalue weighted by Gasteiger charge is 2.10. The lowest BCUT2D eigenvalue weighted by Gasteiger charge is -1.82. The first-order valence-electron chi connectivity index (χ1n) is 3.00. The van der Waals surface area contributed by atoms with Crippen molar-refractivity contribution in [1.29, 1.82) is 0 Å². The second kappa shape index (κ2) is 3.06. The third-order valence-corrected chi connectivity index (χ3v) is 1.83. The minimum atomic E-state index is 0.304. The summed E-state index contributed by atoms with van der Waals surface area (Å²) in [7, 11) is 0. The number of nitrogens with zero attached hydrogens (tertiary/aromatic N) is 2. The van der Waals surface area contributed by atoms with Crippen LogP contribution in [0.1, 0.15) is 0 Å². The second-order valence-electron chi connectivity index (χ2n) is 1.97. The van der Waals surface area contributed by atoms with E-state index >= 15 is 0 Å². The highest BCUT2D eigenvalue weighted by Crippen LogP contribution is 2.22. The Labute approximate surface area is 86.0 Å². The van der Waals surface area contributed by atoms with Crippen molar-refractivity contribution in [3.8, 4) is 11.7 Å². The molecule has 4 nitrogen and oxygen atoms in total. The van der Waals surface area contributed by atoms with Crippen molar-refractivity contribution in [2.45, 2.75) is 0 Å². The molecule has 0 aliphatic heterocycles. The molecule has 2 heterocycles. The number of aromatic nitrogens is 2. The van der Waals surface area contributed by atoms with Crippen molar-refractivity contribution in [2.75, 3.05) is 0 Å². The fraction of sp³-hybridized carbons (Fsp3) is 0. The van der Waals surface area contributed by atoms with Crippen LogP contribution in [-0.4, -0.2) is 10.1 Å². The molecule has 2 aromatic heterocycles. The van der Waals surface area contributed by atoms with E-state index in [9.17, 15) is 0 Å². The maximum Gasteiger partial charge on any atom is 0.294 e. The van der Waals surface area contributed by atoms with Crippen LogP contribution in [0.25, 0.3) is 11.7 Å². The van der Waals surface area contributed by atoms with E-state index in [4.69, 9.17) is 20.5 Å². The lowest BCUT2D eigenvalue weighted by molar-refractivity contribution is 0.412. The normalized spacial score (nSPS) is 10.5. The van der Waals surface area contributed by atoms with E-state index in [1.807, 2.05) is 22.6 Å². The quantitative estimate of drug-likeness (QED) is 0.759. The molecule has 2 aromatic rings. The molecule has 0 atom stereocenters. The molecule has 0 aliphatic rings. The predicted octanol–water partition coefficient (Wildman–Crippen LogP) is 2.59. The summed E-state index contributed by atoms with van der Waals surface area (Å²) < 4.78 is 10.4. The molecule has 0 amide bonds. The first-order valence-corrected chi connectivity index (χ1v) is 4.46. The van der Waals surface area contributed by atoms with Crippen LogP contribution in [-0.2, 0) is 0 Å². The van der Waals surface area contributed by atoms with Crippen LogP contribution in [0.4, 0.5) is 0 Å². The van der Waals surface area contributed by atoms with Crippen LogP contribution in [0.15, 0.2) is 21.1 Å². The Morgan fingerprint density at radius 3 is 2.75 bits per heavy atom. The summed E-state index contributed by atoms with van der Waals surface area (Å²) in [5, 5.41) is 3.90. The molecule has 12 heavy (non-hydrogen) atoms. The average Bonchev–Trinajstić information content (AvgIpc) is 2.58. The van der Waals surface area contributed by atoms with Crippen molar-refractivity contribution in [1.82, 2.24) is 10.1 Å². The fourth-order valence-corrected chi connectivity index (χ4v) is 1.20. The summed E-state index contributed by atoms with van der Waals surface area (Å²) in [6, 6.07) is 3.29. The Morgan fingerprint density at radius 1 is 1.42 bits per heavy atom. The lowest BCUT2D eigenvalue weighted by Crippen LogP contribution is -1.72. The number of hydrogen-bond acceptors (Lipinski definition) is 4. The van der Waals surface area contributed by atoms with Crippen molar-refractivity contribution < 1.29 is 8.94 Å². The van der Waals surface area contributed by atoms with Gasteiger partial charge in [-0.05, 0) is 23.7 Å². The van der Waals surface area contributed by atoms with Gasteiger partial charge in [-0.25, -0.2) is 0 Å². The highest BCUT2D eigenvalue weighted by molar-refractivity contribution is 14.1. The largest absolute Gasteiger partial charge is 0.440 e. The van der Waals surface area contributed by atoms with Crippen LogP contribution in [0.2, 0.25) is 5.22 Å². The Hall–Kier alpha value is -0.560. The van der Waals surface area contributed by atoms with Crippen molar-refractivity contribution >= 4 is 34.2 Å². The lowest BCUT2D eigenvalue weighted by atomic mass is 10.4. The summed E-state index contributed by atoms with van der Waals surface area (Å²) in [6.45, 7) is 0. The SMILES string of the molecule is Clc1ccc(-c2nc(I)no2)o1. The molecule has 0 spiro atoms. The minimum absolute atomic E-state index is 0.304. The Morgan fingerprint density at radius 2 is 2.25 bits per heavy atom. The van der Waals surface area contributed by atoms with Crippen LogP contribution < -0.4 is 0 Å². The van der Waals surface area contributed by atoms with E-state index < -0.39 is 0 Å². The first kappa shape index (κ1) is 8.06. The van der Waals surface area contributed by atoms with Gasteiger partial charge in [0.2, 0.25) is 3.83 Å². The maximum absolute atomic E-state index is 5.56. The molecule has 0 radical (unpaired) electrons. The molecule has 0 fully saturated rings. The van der Waals surface area contributed by atoms with Crippen LogP contribution >= 0.6 is 34.2 Å². The van der Waals surface area contributed by atoms with E-state index in [0.717, 1.165) is 0 Å². The van der Waals surface area contributed by atoms with Gasteiger partial charge in [0.1, 0.15) is 0 Å². The number of rotatable bonds is 1. The molecule has 0 aromatic carbocycles. The highest BCUT2D eigenvalue weighted by atomic mass is 127. The molecule has 0 aliphatic carbocycles. The van der Waals surface area contributed by atoms with Gasteiger partial charge in [-0.1, -0.05) is 5.16 Å². The van der Waals surface area contributed by atoms with Crippen LogP contribution in [0.5, 0.6) is 0 Å². The van der Waals surface area contributed by atoms with Gasteiger partial charge >= 0.3 is 0 Å². The van der Waals surface area contributed by atoms with Crippen molar-refractivity contribution in [2.24, 2.45) is 0 Å². The van der Waals surface area contributed by atoms with Crippen LogP contribution in [0, 0.1) is 3.83 Å². The third kappa shape index (κ3) is 1.46. The Balaban J connectivity index is 2.43. The second-order valence-corrected chi connectivity index (χ2v) is 3.31. The zero-order valence-corrected chi connectivity index (χ0v) is 8.53. The topological polar surface area (TPSA) is 52.1 Å². The number of hydrogen-bond donors (Lipinski definition) is 0. The molecule has 6 heteroatoms. The predicted molar refractivity (Wildman–Crippen MR) is 49.7 cm³/mol. The van der Waals surface area contributed by atoms with E-state index in [0.29, 0.717) is 20.7 Å². The summed E-state index contributed by atoms with van der Waals surface area (Å²) in [5.74, 6) is 0.821. The summed E-state index contributed by atoms with van der Waals surface area (Å²) in [5.41, 5.74) is 0. The molecular formula is C6H2ClIN2O2. The minimum Gasteiger partial charge on any atom is -0.440 e. The van der Waals surface area contributed by atoms with Gasteiger partial charge in [0.15, 0.2) is 11.0 Å². The van der Waals surface area contributed by atoms with Crippen LogP contribution in [0.3, 0.4) is 0 Å². The molecule has 0 bridgehead atoms. The molecule has 0 unspecified atom stereocenters. The molecule has 0 saturated carbocycles. The van der Waals surface area contributed by atoms with E-state index in [2.05, 4.69) is 10.1 Å². The Kier molecular flexibility index (Phi) is 2.05. The number of furan rings is 1. The van der Waals surface area contributed by atoms with E-state index in [1.54, 1.807) is 12.1 Å². The van der Waals surface area contributed by atoms with E-state index in [1.165, 1.54) is 0 Å². The van der Waals surface area contributed by atoms with Gasteiger partial charge in [-0.2, -0.15) is 4.98 Å². The maximum atomic E-state index is 5.56. The molecule has 2 rings (SSSR count). The summed E-state index contributed by atoms with van der Waals surface area (Å²) in [6.07, 6.45) is 0. The standard InChI is InChI=1S/C6H2ClIN2O2/c7-4-2-1-3(11-4)5-9-6(8)10-12-5/h1-2H. The molecular weight excluding hydrogens is 294 g/mol. The average molecular weight is 296 g/mol. The zero-order valence-electron chi connectivity index (χ0n) is 5.62. The molecule has 0 N–H and O–H groups in total. The van der Waals surface area contributed by atoms with Gasteiger partial charge in [0, 0.05) is 22.6 Å². The monoisotopic (exact) mass is 296 g/mol. The summed E-state index contributed by atoms with van der Waals surface area (Å²) in [4.78, 5) is 3.95. The van der Waals surface area contributed by atoms with Crippen molar-refractivity contribution in [3.05, 3.63) is 21.2 Å². The van der Waals surface area contributed by atoms with Gasteiger partial charge < -0.3 is 8.94 Å². The van der Waals surface area contributed by atoms with Crippen molar-refractivity contribution in [3.63, 3.8) is 0 Å². The fourth-order valence-electron chi connectivity index (χ4n) is 0.735. The van der Waals surface area contributed by atoms with Gasteiger partial charge in [0.25, 0.3) is 5.89 Å². The summed E-state index contributed by atoms with van der Waals surface area (Å²) >= 11 is 7.50. The molecule has 0 saturated heterocycles. The molecule has 62 valence electrons. The van der Waals surface area contributed by atoms with Gasteiger partial charge in [-0.3, -0.25) is 0 Å². The Bertz CT molecular complexity index is 359. The first-order chi connectivity index (χ1) is 5.75. The van der Waals surface area contributed by atoms with E-state index in [-0.39, 0.29) is 0 Å². The van der Waals surface area contributed by atoms with Gasteiger partial charge in [0.05, 0.1) is 0 Å². The smallest absolute Gasteiger partial charge is 0.294 e.